The lowest BCUT2D eigenvalue weighted by Crippen LogP contribution is -2.41. The molecule has 1 aromatic carbocycles. The maximum atomic E-state index is 11.6. The average molecular weight is 328 g/mol. The van der Waals surface area contributed by atoms with Gasteiger partial charge in [-0.15, -0.1) is 10.2 Å². The van der Waals surface area contributed by atoms with Gasteiger partial charge >= 0.3 is 0 Å². The van der Waals surface area contributed by atoms with Crippen LogP contribution in [-0.4, -0.2) is 50.6 Å². The van der Waals surface area contributed by atoms with Crippen LogP contribution in [0.5, 0.6) is 0 Å². The van der Waals surface area contributed by atoms with Crippen LogP contribution in [0.3, 0.4) is 0 Å². The number of hydrogen-bond acceptors (Lipinski definition) is 5. The summed E-state index contributed by atoms with van der Waals surface area (Å²) in [7, 11) is 0. The second-order valence-corrected chi connectivity index (χ2v) is 6.25. The summed E-state index contributed by atoms with van der Waals surface area (Å²) >= 11 is 0. The van der Waals surface area contributed by atoms with E-state index in [1.165, 1.54) is 0 Å². The molecule has 2 heterocycles. The molecule has 0 saturated carbocycles. The predicted molar refractivity (Wildman–Crippen MR) is 90.8 cm³/mol. The minimum Gasteiger partial charge on any atom is -0.342 e. The highest BCUT2D eigenvalue weighted by Crippen LogP contribution is 2.22. The molecule has 1 fully saturated rings. The van der Waals surface area contributed by atoms with E-state index in [1.807, 2.05) is 35.2 Å². The molecule has 24 heavy (non-hydrogen) atoms. The number of carbonyl (C=O) groups excluding carboxylic acids is 1. The number of rotatable bonds is 6. The summed E-state index contributed by atoms with van der Waals surface area (Å²) in [6, 6.07) is 9.88. The van der Waals surface area contributed by atoms with Gasteiger partial charge in [0.05, 0.1) is 13.1 Å². The molecule has 3 rings (SSSR count). The molecule has 0 bridgehead atoms. The zero-order valence-corrected chi connectivity index (χ0v) is 13.8. The number of nitrogens with zero attached hydrogens (tertiary/aromatic N) is 5. The van der Waals surface area contributed by atoms with Crippen LogP contribution in [0, 0.1) is 5.92 Å². The first-order valence-corrected chi connectivity index (χ1v) is 8.57. The van der Waals surface area contributed by atoms with Gasteiger partial charge in [0.2, 0.25) is 11.7 Å². The fourth-order valence-corrected chi connectivity index (χ4v) is 3.16. The molecular formula is C17H24N6O. The Morgan fingerprint density at radius 3 is 2.67 bits per heavy atom. The molecule has 1 saturated heterocycles. The van der Waals surface area contributed by atoms with Gasteiger partial charge < -0.3 is 10.6 Å². The van der Waals surface area contributed by atoms with Gasteiger partial charge in [0.15, 0.2) is 0 Å². The zero-order valence-electron chi connectivity index (χ0n) is 13.8. The fourth-order valence-electron chi connectivity index (χ4n) is 3.16. The molecule has 0 atom stereocenters. The highest BCUT2D eigenvalue weighted by molar-refractivity contribution is 5.78. The number of hydrogen-bond donors (Lipinski definition) is 1. The quantitative estimate of drug-likeness (QED) is 0.863. The van der Waals surface area contributed by atoms with Crippen LogP contribution < -0.4 is 5.73 Å². The Hall–Kier alpha value is -2.28. The summed E-state index contributed by atoms with van der Waals surface area (Å²) in [5.74, 6) is 1.40. The molecule has 2 aromatic rings. The summed E-state index contributed by atoms with van der Waals surface area (Å²) in [4.78, 5) is 15.1. The van der Waals surface area contributed by atoms with E-state index in [4.69, 9.17) is 5.73 Å². The van der Waals surface area contributed by atoms with Crippen molar-refractivity contribution in [3.8, 4) is 11.4 Å². The molecule has 7 heteroatoms. The van der Waals surface area contributed by atoms with Crippen molar-refractivity contribution in [1.82, 2.24) is 25.1 Å². The van der Waals surface area contributed by atoms with Crippen LogP contribution in [0.2, 0.25) is 0 Å². The van der Waals surface area contributed by atoms with E-state index in [1.54, 1.807) is 4.80 Å². The van der Waals surface area contributed by atoms with Crippen molar-refractivity contribution < 1.29 is 4.79 Å². The fraction of sp³-hybridized carbons (Fsp3) is 0.529. The van der Waals surface area contributed by atoms with E-state index >= 15 is 0 Å². The van der Waals surface area contributed by atoms with Crippen molar-refractivity contribution in [2.24, 2.45) is 11.7 Å². The lowest BCUT2D eigenvalue weighted by Gasteiger charge is -2.31. The minimum absolute atomic E-state index is 0.0636. The van der Waals surface area contributed by atoms with Gasteiger partial charge in [0, 0.05) is 18.7 Å². The largest absolute Gasteiger partial charge is 0.342 e. The minimum atomic E-state index is 0.0636. The van der Waals surface area contributed by atoms with Crippen molar-refractivity contribution in [1.29, 1.82) is 0 Å². The Kier molecular flexibility index (Phi) is 5.53. The van der Waals surface area contributed by atoms with Crippen LogP contribution in [0.4, 0.5) is 0 Å². The molecular weight excluding hydrogens is 304 g/mol. The maximum Gasteiger partial charge on any atom is 0.236 e. The smallest absolute Gasteiger partial charge is 0.236 e. The topological polar surface area (TPSA) is 89.9 Å². The van der Waals surface area contributed by atoms with Crippen LogP contribution in [0.1, 0.15) is 25.7 Å². The second kappa shape index (κ2) is 8.01. The molecule has 0 spiro atoms. The van der Waals surface area contributed by atoms with E-state index < -0.39 is 0 Å². The van der Waals surface area contributed by atoms with E-state index in [2.05, 4.69) is 15.4 Å². The number of aryl methyl sites for hydroxylation is 1. The summed E-state index contributed by atoms with van der Waals surface area (Å²) in [5.41, 5.74) is 6.40. The number of likely N-dealkylation sites (tertiary alicyclic amines) is 1. The number of tetrazole rings is 1. The highest BCUT2D eigenvalue weighted by atomic mass is 16.2. The van der Waals surface area contributed by atoms with E-state index in [-0.39, 0.29) is 12.5 Å². The number of amides is 1. The molecule has 2 N–H and O–H groups in total. The van der Waals surface area contributed by atoms with E-state index in [9.17, 15) is 4.79 Å². The van der Waals surface area contributed by atoms with Crippen molar-refractivity contribution in [2.45, 2.75) is 32.2 Å². The van der Waals surface area contributed by atoms with Crippen molar-refractivity contribution in [2.75, 3.05) is 19.6 Å². The SMILES string of the molecule is NCC(=O)N1CCC(CCCn2nnc(-c3ccccc3)n2)CC1. The lowest BCUT2D eigenvalue weighted by molar-refractivity contribution is -0.131. The van der Waals surface area contributed by atoms with Crippen LogP contribution in [0.25, 0.3) is 11.4 Å². The molecule has 0 unspecified atom stereocenters. The summed E-state index contributed by atoms with van der Waals surface area (Å²) in [6.45, 7) is 2.56. The summed E-state index contributed by atoms with van der Waals surface area (Å²) < 4.78 is 0. The Balaban J connectivity index is 1.41. The van der Waals surface area contributed by atoms with Gasteiger partial charge in [0.25, 0.3) is 0 Å². The molecule has 7 nitrogen and oxygen atoms in total. The Labute approximate surface area is 141 Å². The zero-order chi connectivity index (χ0) is 16.8. The van der Waals surface area contributed by atoms with Crippen molar-refractivity contribution >= 4 is 5.91 Å². The van der Waals surface area contributed by atoms with Gasteiger partial charge in [0.1, 0.15) is 0 Å². The molecule has 0 aliphatic carbocycles. The average Bonchev–Trinajstić information content (AvgIpc) is 3.11. The standard InChI is InChI=1S/C17H24N6O/c18-13-16(24)22-11-8-14(9-12-22)5-4-10-23-20-17(19-21-23)15-6-2-1-3-7-15/h1-3,6-7,14H,4-5,8-13,18H2. The van der Waals surface area contributed by atoms with E-state index in [0.717, 1.165) is 50.9 Å². The number of aromatic nitrogens is 4. The van der Waals surface area contributed by atoms with Gasteiger partial charge in [-0.25, -0.2) is 0 Å². The Bertz CT molecular complexity index is 648. The number of benzene rings is 1. The number of piperidine rings is 1. The first kappa shape index (κ1) is 16.6. The van der Waals surface area contributed by atoms with Crippen LogP contribution in [0.15, 0.2) is 30.3 Å². The Morgan fingerprint density at radius 2 is 1.96 bits per heavy atom. The van der Waals surface area contributed by atoms with Crippen molar-refractivity contribution in [3.05, 3.63) is 30.3 Å². The third-order valence-electron chi connectivity index (χ3n) is 4.60. The third kappa shape index (κ3) is 4.17. The molecule has 1 amide bonds. The number of nitrogens with two attached hydrogens (primary N) is 1. The van der Waals surface area contributed by atoms with E-state index in [0.29, 0.717) is 11.7 Å². The second-order valence-electron chi connectivity index (χ2n) is 6.25. The predicted octanol–water partition coefficient (Wildman–Crippen LogP) is 1.32. The highest BCUT2D eigenvalue weighted by Gasteiger charge is 2.21. The van der Waals surface area contributed by atoms with Gasteiger partial charge in [-0.2, -0.15) is 4.80 Å². The molecule has 1 aliphatic rings. The summed E-state index contributed by atoms with van der Waals surface area (Å²) in [6.07, 6.45) is 4.28. The first-order valence-electron chi connectivity index (χ1n) is 8.57. The van der Waals surface area contributed by atoms with Gasteiger partial charge in [-0.3, -0.25) is 4.79 Å². The molecule has 1 aliphatic heterocycles. The summed E-state index contributed by atoms with van der Waals surface area (Å²) in [5, 5.41) is 12.7. The normalized spacial score (nSPS) is 15.6. The maximum absolute atomic E-state index is 11.6. The van der Waals surface area contributed by atoms with Crippen LogP contribution in [-0.2, 0) is 11.3 Å². The Morgan fingerprint density at radius 1 is 1.21 bits per heavy atom. The number of carbonyl (C=O) groups is 1. The molecule has 0 radical (unpaired) electrons. The molecule has 1 aromatic heterocycles. The third-order valence-corrected chi connectivity index (χ3v) is 4.60. The first-order chi connectivity index (χ1) is 11.8. The van der Waals surface area contributed by atoms with Crippen molar-refractivity contribution in [3.63, 3.8) is 0 Å². The van der Waals surface area contributed by atoms with Gasteiger partial charge in [-0.05, 0) is 36.8 Å². The monoisotopic (exact) mass is 328 g/mol. The molecule has 128 valence electrons. The van der Waals surface area contributed by atoms with Gasteiger partial charge in [-0.1, -0.05) is 30.3 Å². The lowest BCUT2D eigenvalue weighted by atomic mass is 9.92. The van der Waals surface area contributed by atoms with Crippen LogP contribution >= 0.6 is 0 Å².